The van der Waals surface area contributed by atoms with E-state index in [0.29, 0.717) is 12.1 Å². The molecule has 1 amide bonds. The summed E-state index contributed by atoms with van der Waals surface area (Å²) in [6.45, 7) is 0.346. The summed E-state index contributed by atoms with van der Waals surface area (Å²) in [5.74, 6) is -0.433. The number of nitrogens with zero attached hydrogens (tertiary/aromatic N) is 4. The van der Waals surface area contributed by atoms with Crippen molar-refractivity contribution in [3.8, 4) is 5.00 Å². The van der Waals surface area contributed by atoms with Gasteiger partial charge in [0.1, 0.15) is 17.1 Å². The third-order valence-corrected chi connectivity index (χ3v) is 5.58. The molecule has 2 aromatic heterocycles. The van der Waals surface area contributed by atoms with Crippen molar-refractivity contribution in [3.05, 3.63) is 58.0 Å². The first kappa shape index (κ1) is 15.9. The van der Waals surface area contributed by atoms with E-state index >= 15 is 0 Å². The Morgan fingerprint density at radius 2 is 2.04 bits per heavy atom. The fraction of sp³-hybridized carbons (Fsp3) is 0.294. The number of hydrogen-bond donors (Lipinski definition) is 1. The smallest absolute Gasteiger partial charge is 0.254 e. The van der Waals surface area contributed by atoms with Gasteiger partial charge in [0.25, 0.3) is 5.91 Å². The van der Waals surface area contributed by atoms with Crippen LogP contribution in [0.4, 0.5) is 4.39 Å². The van der Waals surface area contributed by atoms with Crippen molar-refractivity contribution >= 4 is 17.2 Å². The molecule has 3 aromatic rings. The number of thiophene rings is 1. The quantitative estimate of drug-likeness (QED) is 0.779. The summed E-state index contributed by atoms with van der Waals surface area (Å²) >= 11 is 1.58. The summed E-state index contributed by atoms with van der Waals surface area (Å²) < 4.78 is 14.6. The van der Waals surface area contributed by atoms with Crippen molar-refractivity contribution in [2.45, 2.75) is 32.2 Å². The van der Waals surface area contributed by atoms with Crippen LogP contribution in [0, 0.1) is 5.82 Å². The second-order valence-electron chi connectivity index (χ2n) is 5.95. The van der Waals surface area contributed by atoms with Gasteiger partial charge in [0.2, 0.25) is 0 Å². The maximum absolute atomic E-state index is 13.0. The lowest BCUT2D eigenvalue weighted by Gasteiger charge is -2.13. The molecule has 0 unspecified atom stereocenters. The van der Waals surface area contributed by atoms with Crippen LogP contribution in [-0.2, 0) is 19.4 Å². The Kier molecular flexibility index (Phi) is 4.27. The van der Waals surface area contributed by atoms with E-state index < -0.39 is 0 Å². The number of nitrogens with one attached hydrogen (secondary N) is 1. The predicted molar refractivity (Wildman–Crippen MR) is 91.2 cm³/mol. The number of carbonyl (C=O) groups excluding carboxylic acids is 1. The third kappa shape index (κ3) is 3.17. The molecule has 4 rings (SSSR count). The SMILES string of the molecule is O=C(NCc1ccc(F)cc1)c1c(-n2cnnn2)sc2c1CCCC2. The Hall–Kier alpha value is -2.61. The van der Waals surface area contributed by atoms with Gasteiger partial charge in [-0.2, -0.15) is 4.68 Å². The summed E-state index contributed by atoms with van der Waals surface area (Å²) in [7, 11) is 0. The van der Waals surface area contributed by atoms with Crippen molar-refractivity contribution in [1.29, 1.82) is 0 Å². The van der Waals surface area contributed by atoms with Crippen LogP contribution in [0.1, 0.15) is 39.2 Å². The highest BCUT2D eigenvalue weighted by Gasteiger charge is 2.26. The van der Waals surface area contributed by atoms with E-state index in [2.05, 4.69) is 20.8 Å². The van der Waals surface area contributed by atoms with Gasteiger partial charge in [-0.15, -0.1) is 16.4 Å². The molecule has 25 heavy (non-hydrogen) atoms. The maximum Gasteiger partial charge on any atom is 0.254 e. The van der Waals surface area contributed by atoms with Crippen LogP contribution in [-0.4, -0.2) is 26.1 Å². The van der Waals surface area contributed by atoms with E-state index in [1.165, 1.54) is 23.3 Å². The van der Waals surface area contributed by atoms with Gasteiger partial charge >= 0.3 is 0 Å². The summed E-state index contributed by atoms with van der Waals surface area (Å²) in [5, 5.41) is 15.0. The molecule has 1 N–H and O–H groups in total. The lowest BCUT2D eigenvalue weighted by molar-refractivity contribution is 0.0950. The Balaban J connectivity index is 1.62. The normalized spacial score (nSPS) is 13.5. The molecular weight excluding hydrogens is 341 g/mol. The molecule has 0 saturated heterocycles. The molecule has 0 bridgehead atoms. The van der Waals surface area contributed by atoms with Crippen LogP contribution >= 0.6 is 11.3 Å². The van der Waals surface area contributed by atoms with Gasteiger partial charge < -0.3 is 5.32 Å². The van der Waals surface area contributed by atoms with Crippen LogP contribution in [0.15, 0.2) is 30.6 Å². The summed E-state index contributed by atoms with van der Waals surface area (Å²) in [6.07, 6.45) is 5.61. The second kappa shape index (κ2) is 6.72. The lowest BCUT2D eigenvalue weighted by atomic mass is 9.95. The Morgan fingerprint density at radius 3 is 2.80 bits per heavy atom. The van der Waals surface area contributed by atoms with Crippen molar-refractivity contribution in [2.24, 2.45) is 0 Å². The monoisotopic (exact) mass is 357 g/mol. The number of benzene rings is 1. The number of amides is 1. The minimum absolute atomic E-state index is 0.144. The first-order chi connectivity index (χ1) is 12.2. The van der Waals surface area contributed by atoms with Gasteiger partial charge in [0.05, 0.1) is 5.56 Å². The van der Waals surface area contributed by atoms with Crippen LogP contribution < -0.4 is 5.32 Å². The van der Waals surface area contributed by atoms with Crippen molar-refractivity contribution in [3.63, 3.8) is 0 Å². The van der Waals surface area contributed by atoms with Crippen molar-refractivity contribution in [1.82, 2.24) is 25.5 Å². The van der Waals surface area contributed by atoms with Crippen LogP contribution in [0.5, 0.6) is 0 Å². The molecule has 1 aliphatic carbocycles. The largest absolute Gasteiger partial charge is 0.348 e. The van der Waals surface area contributed by atoms with Gasteiger partial charge in [-0.3, -0.25) is 4.79 Å². The Labute approximate surface area is 147 Å². The molecule has 0 saturated carbocycles. The van der Waals surface area contributed by atoms with E-state index in [1.54, 1.807) is 28.2 Å². The zero-order chi connectivity index (χ0) is 17.2. The summed E-state index contributed by atoms with van der Waals surface area (Å²) in [4.78, 5) is 14.1. The molecule has 2 heterocycles. The number of halogens is 1. The molecule has 1 aliphatic rings. The fourth-order valence-electron chi connectivity index (χ4n) is 3.07. The van der Waals surface area contributed by atoms with Crippen LogP contribution in [0.3, 0.4) is 0 Å². The summed E-state index contributed by atoms with van der Waals surface area (Å²) in [6, 6.07) is 6.11. The first-order valence-electron chi connectivity index (χ1n) is 8.13. The number of tetrazole rings is 1. The highest BCUT2D eigenvalue weighted by molar-refractivity contribution is 7.15. The highest BCUT2D eigenvalue weighted by atomic mass is 32.1. The zero-order valence-corrected chi connectivity index (χ0v) is 14.2. The summed E-state index contributed by atoms with van der Waals surface area (Å²) in [5.41, 5.74) is 2.62. The van der Waals surface area contributed by atoms with E-state index in [1.807, 2.05) is 0 Å². The van der Waals surface area contributed by atoms with Gasteiger partial charge in [-0.25, -0.2) is 4.39 Å². The van der Waals surface area contributed by atoms with Gasteiger partial charge in [0.15, 0.2) is 0 Å². The predicted octanol–water partition coefficient (Wildman–Crippen LogP) is 2.67. The molecule has 0 radical (unpaired) electrons. The molecule has 128 valence electrons. The van der Waals surface area contributed by atoms with E-state index in [0.717, 1.165) is 41.8 Å². The number of rotatable bonds is 4. The molecule has 1 aromatic carbocycles. The molecule has 6 nitrogen and oxygen atoms in total. The van der Waals surface area contributed by atoms with Crippen LogP contribution in [0.2, 0.25) is 0 Å². The van der Waals surface area contributed by atoms with Crippen molar-refractivity contribution < 1.29 is 9.18 Å². The molecule has 0 aliphatic heterocycles. The standard InChI is InChI=1S/C17H16FN5OS/c18-12-7-5-11(6-8-12)9-19-16(24)15-13-3-1-2-4-14(13)25-17(15)23-10-20-21-22-23/h5-8,10H,1-4,9H2,(H,19,24). The number of carbonyl (C=O) groups is 1. The van der Waals surface area contributed by atoms with Crippen LogP contribution in [0.25, 0.3) is 5.00 Å². The molecule has 8 heteroatoms. The number of hydrogen-bond acceptors (Lipinski definition) is 5. The highest BCUT2D eigenvalue weighted by Crippen LogP contribution is 2.36. The first-order valence-corrected chi connectivity index (χ1v) is 8.94. The number of aryl methyl sites for hydroxylation is 1. The number of fused-ring (bicyclic) bond motifs is 1. The van der Waals surface area contributed by atoms with Gasteiger partial charge in [-0.1, -0.05) is 12.1 Å². The zero-order valence-electron chi connectivity index (χ0n) is 13.4. The van der Waals surface area contributed by atoms with Gasteiger partial charge in [-0.05, 0) is 59.4 Å². The molecule has 0 fully saturated rings. The Morgan fingerprint density at radius 1 is 1.24 bits per heavy atom. The fourth-order valence-corrected chi connectivity index (χ4v) is 4.38. The average Bonchev–Trinajstić information content (AvgIpc) is 3.28. The lowest BCUT2D eigenvalue weighted by Crippen LogP contribution is -2.25. The second-order valence-corrected chi connectivity index (χ2v) is 7.04. The van der Waals surface area contributed by atoms with Crippen molar-refractivity contribution in [2.75, 3.05) is 0 Å². The van der Waals surface area contributed by atoms with E-state index in [-0.39, 0.29) is 11.7 Å². The number of aromatic nitrogens is 4. The maximum atomic E-state index is 13.0. The molecular formula is C17H16FN5OS. The topological polar surface area (TPSA) is 72.7 Å². The van der Waals surface area contributed by atoms with Gasteiger partial charge in [0, 0.05) is 11.4 Å². The molecule has 0 atom stereocenters. The Bertz CT molecular complexity index is 889. The van der Waals surface area contributed by atoms with E-state index in [4.69, 9.17) is 0 Å². The van der Waals surface area contributed by atoms with E-state index in [9.17, 15) is 9.18 Å². The minimum atomic E-state index is -0.289. The third-order valence-electron chi connectivity index (χ3n) is 4.30. The molecule has 0 spiro atoms. The minimum Gasteiger partial charge on any atom is -0.348 e. The average molecular weight is 357 g/mol.